The van der Waals surface area contributed by atoms with Gasteiger partial charge in [-0.3, -0.25) is 0 Å². The molecule has 0 amide bonds. The maximum atomic E-state index is 13.4. The summed E-state index contributed by atoms with van der Waals surface area (Å²) in [5, 5.41) is 4.28. The largest absolute Gasteiger partial charge is 0.462 e. The fourth-order valence-electron chi connectivity index (χ4n) is 2.24. The number of esters is 1. The Morgan fingerprint density at radius 3 is 2.70 bits per heavy atom. The standard InChI is InChI=1S/C17H13F2NO2S/c1-2-22-17(21)15-11-5-3-4-6-14(11)23-16(15)20-10-7-8-12(18)13(19)9-10/h3-9,20H,2H2,1H3. The molecule has 0 fully saturated rings. The van der Waals surface area contributed by atoms with Gasteiger partial charge in [-0.15, -0.1) is 11.3 Å². The second kappa shape index (κ2) is 6.34. The summed E-state index contributed by atoms with van der Waals surface area (Å²) in [7, 11) is 0. The van der Waals surface area contributed by atoms with Crippen LogP contribution in [0.3, 0.4) is 0 Å². The summed E-state index contributed by atoms with van der Waals surface area (Å²) < 4.78 is 32.4. The molecule has 0 spiro atoms. The summed E-state index contributed by atoms with van der Waals surface area (Å²) >= 11 is 1.35. The van der Waals surface area contributed by atoms with Gasteiger partial charge in [-0.25, -0.2) is 13.6 Å². The topological polar surface area (TPSA) is 38.3 Å². The van der Waals surface area contributed by atoms with Crippen LogP contribution in [-0.4, -0.2) is 12.6 Å². The Hall–Kier alpha value is -2.47. The molecule has 0 saturated carbocycles. The molecule has 0 bridgehead atoms. The molecule has 0 saturated heterocycles. The Balaban J connectivity index is 2.06. The van der Waals surface area contributed by atoms with Gasteiger partial charge in [-0.05, 0) is 25.1 Å². The number of hydrogen-bond acceptors (Lipinski definition) is 4. The van der Waals surface area contributed by atoms with Crippen molar-refractivity contribution in [2.45, 2.75) is 6.92 Å². The minimum Gasteiger partial charge on any atom is -0.462 e. The van der Waals surface area contributed by atoms with Crippen molar-refractivity contribution < 1.29 is 18.3 Å². The van der Waals surface area contributed by atoms with Gasteiger partial charge in [0.15, 0.2) is 11.6 Å². The van der Waals surface area contributed by atoms with E-state index in [1.54, 1.807) is 6.92 Å². The van der Waals surface area contributed by atoms with Crippen LogP contribution < -0.4 is 5.32 Å². The monoisotopic (exact) mass is 333 g/mol. The van der Waals surface area contributed by atoms with Crippen LogP contribution in [0.25, 0.3) is 10.1 Å². The van der Waals surface area contributed by atoms with Gasteiger partial charge in [0, 0.05) is 21.8 Å². The SMILES string of the molecule is CCOC(=O)c1c(Nc2ccc(F)c(F)c2)sc2ccccc12. The van der Waals surface area contributed by atoms with Crippen LogP contribution in [0.5, 0.6) is 0 Å². The Morgan fingerprint density at radius 2 is 1.96 bits per heavy atom. The molecule has 2 aromatic carbocycles. The lowest BCUT2D eigenvalue weighted by atomic mass is 10.1. The van der Waals surface area contributed by atoms with E-state index in [2.05, 4.69) is 5.32 Å². The molecule has 3 rings (SSSR count). The molecule has 1 aromatic heterocycles. The highest BCUT2D eigenvalue weighted by atomic mass is 32.1. The number of hydrogen-bond donors (Lipinski definition) is 1. The smallest absolute Gasteiger partial charge is 0.341 e. The van der Waals surface area contributed by atoms with E-state index in [1.165, 1.54) is 17.4 Å². The summed E-state index contributed by atoms with van der Waals surface area (Å²) in [5.74, 6) is -2.32. The van der Waals surface area contributed by atoms with E-state index in [4.69, 9.17) is 4.74 Å². The van der Waals surface area contributed by atoms with Crippen LogP contribution >= 0.6 is 11.3 Å². The molecular weight excluding hydrogens is 320 g/mol. The Kier molecular flexibility index (Phi) is 4.25. The Morgan fingerprint density at radius 1 is 1.17 bits per heavy atom. The molecule has 0 aliphatic rings. The first-order valence-corrected chi connectivity index (χ1v) is 7.82. The van der Waals surface area contributed by atoms with Crippen molar-refractivity contribution in [3.63, 3.8) is 0 Å². The van der Waals surface area contributed by atoms with Crippen molar-refractivity contribution in [2.24, 2.45) is 0 Å². The van der Waals surface area contributed by atoms with E-state index in [0.717, 1.165) is 22.2 Å². The second-order valence-electron chi connectivity index (χ2n) is 4.78. The molecule has 0 aliphatic carbocycles. The van der Waals surface area contributed by atoms with E-state index in [1.807, 2.05) is 24.3 Å². The van der Waals surface area contributed by atoms with Crippen LogP contribution in [0.1, 0.15) is 17.3 Å². The zero-order valence-electron chi connectivity index (χ0n) is 12.2. The molecule has 0 unspecified atom stereocenters. The molecule has 23 heavy (non-hydrogen) atoms. The van der Waals surface area contributed by atoms with E-state index in [-0.39, 0.29) is 6.61 Å². The summed E-state index contributed by atoms with van der Waals surface area (Å²) in [6.07, 6.45) is 0. The normalized spacial score (nSPS) is 10.7. The summed E-state index contributed by atoms with van der Waals surface area (Å²) in [6.45, 7) is 1.99. The summed E-state index contributed by atoms with van der Waals surface area (Å²) in [5.41, 5.74) is 0.762. The number of rotatable bonds is 4. The molecule has 0 atom stereocenters. The summed E-state index contributed by atoms with van der Waals surface area (Å²) in [6, 6.07) is 10.9. The molecule has 118 valence electrons. The van der Waals surface area contributed by atoms with Crippen molar-refractivity contribution in [2.75, 3.05) is 11.9 Å². The number of ether oxygens (including phenoxy) is 1. The number of anilines is 2. The molecule has 1 N–H and O–H groups in total. The summed E-state index contributed by atoms with van der Waals surface area (Å²) in [4.78, 5) is 12.3. The van der Waals surface area contributed by atoms with Crippen molar-refractivity contribution in [3.05, 3.63) is 59.7 Å². The first-order valence-electron chi connectivity index (χ1n) is 7.01. The van der Waals surface area contributed by atoms with Crippen LogP contribution in [0.15, 0.2) is 42.5 Å². The molecule has 3 aromatic rings. The molecular formula is C17H13F2NO2S. The number of benzene rings is 2. The number of fused-ring (bicyclic) bond motifs is 1. The van der Waals surface area contributed by atoms with Gasteiger partial charge in [0.25, 0.3) is 0 Å². The Bertz CT molecular complexity index is 876. The zero-order chi connectivity index (χ0) is 16.4. The minimum absolute atomic E-state index is 0.258. The van der Waals surface area contributed by atoms with Gasteiger partial charge in [0.05, 0.1) is 6.61 Å². The average Bonchev–Trinajstić information content (AvgIpc) is 2.89. The minimum atomic E-state index is -0.950. The molecule has 3 nitrogen and oxygen atoms in total. The number of halogens is 2. The highest BCUT2D eigenvalue weighted by Gasteiger charge is 2.20. The molecule has 0 radical (unpaired) electrons. The lowest BCUT2D eigenvalue weighted by molar-refractivity contribution is 0.0530. The lowest BCUT2D eigenvalue weighted by Gasteiger charge is -2.08. The van der Waals surface area contributed by atoms with E-state index in [9.17, 15) is 13.6 Å². The second-order valence-corrected chi connectivity index (χ2v) is 5.83. The van der Waals surface area contributed by atoms with Crippen molar-refractivity contribution in [1.82, 2.24) is 0 Å². The van der Waals surface area contributed by atoms with Crippen molar-refractivity contribution in [3.8, 4) is 0 Å². The highest BCUT2D eigenvalue weighted by Crippen LogP contribution is 2.38. The van der Waals surface area contributed by atoms with Crippen molar-refractivity contribution in [1.29, 1.82) is 0 Å². The highest BCUT2D eigenvalue weighted by molar-refractivity contribution is 7.23. The third kappa shape index (κ3) is 3.03. The van der Waals surface area contributed by atoms with Crippen molar-refractivity contribution >= 4 is 38.1 Å². The van der Waals surface area contributed by atoms with Gasteiger partial charge in [-0.2, -0.15) is 0 Å². The maximum absolute atomic E-state index is 13.4. The molecule has 0 aliphatic heterocycles. The fourth-order valence-corrected chi connectivity index (χ4v) is 3.36. The number of carbonyl (C=O) groups is 1. The predicted molar refractivity (Wildman–Crippen MR) is 87.4 cm³/mol. The van der Waals surface area contributed by atoms with Gasteiger partial charge in [-0.1, -0.05) is 18.2 Å². The third-order valence-corrected chi connectivity index (χ3v) is 4.34. The number of carbonyl (C=O) groups excluding carboxylic acids is 1. The van der Waals surface area contributed by atoms with Crippen LogP contribution in [-0.2, 0) is 4.74 Å². The molecule has 1 heterocycles. The zero-order valence-corrected chi connectivity index (χ0v) is 13.0. The van der Waals surface area contributed by atoms with Crippen LogP contribution in [0.2, 0.25) is 0 Å². The van der Waals surface area contributed by atoms with Gasteiger partial charge >= 0.3 is 5.97 Å². The van der Waals surface area contributed by atoms with Crippen LogP contribution in [0.4, 0.5) is 19.5 Å². The fraction of sp³-hybridized carbons (Fsp3) is 0.118. The first kappa shape index (κ1) is 15.4. The van der Waals surface area contributed by atoms with E-state index >= 15 is 0 Å². The number of nitrogens with one attached hydrogen (secondary N) is 1. The number of thiophene rings is 1. The van der Waals surface area contributed by atoms with Gasteiger partial charge in [0.2, 0.25) is 0 Å². The molecule has 6 heteroatoms. The van der Waals surface area contributed by atoms with Gasteiger partial charge < -0.3 is 10.1 Å². The lowest BCUT2D eigenvalue weighted by Crippen LogP contribution is -2.06. The van der Waals surface area contributed by atoms with E-state index in [0.29, 0.717) is 16.3 Å². The maximum Gasteiger partial charge on any atom is 0.341 e. The van der Waals surface area contributed by atoms with E-state index < -0.39 is 17.6 Å². The van der Waals surface area contributed by atoms with Crippen LogP contribution in [0, 0.1) is 11.6 Å². The first-order chi connectivity index (χ1) is 11.1. The predicted octanol–water partition coefficient (Wildman–Crippen LogP) is 5.10. The average molecular weight is 333 g/mol. The van der Waals surface area contributed by atoms with Gasteiger partial charge in [0.1, 0.15) is 10.6 Å². The third-order valence-electron chi connectivity index (χ3n) is 3.25. The Labute approximate surface area is 135 Å². The quantitative estimate of drug-likeness (QED) is 0.675.